The fourth-order valence-electron chi connectivity index (χ4n) is 4.70. The van der Waals surface area contributed by atoms with E-state index in [2.05, 4.69) is 53.4 Å². The van der Waals surface area contributed by atoms with Crippen molar-refractivity contribution in [2.75, 3.05) is 19.6 Å². The smallest absolute Gasteiger partial charge is 0.335 e. The van der Waals surface area contributed by atoms with Crippen LogP contribution in [0.1, 0.15) is 58.8 Å². The molecule has 3 aromatic rings. The zero-order valence-corrected chi connectivity index (χ0v) is 20.2. The molecule has 0 radical (unpaired) electrons. The fraction of sp³-hybridized carbons (Fsp3) is 0.345. The number of ether oxygens (including phenoxy) is 1. The maximum atomic E-state index is 11.4. The third kappa shape index (κ3) is 6.69. The second kappa shape index (κ2) is 12.2. The molecule has 0 amide bonds. The van der Waals surface area contributed by atoms with E-state index in [-0.39, 0.29) is 12.2 Å². The second-order valence-electron chi connectivity index (χ2n) is 8.94. The van der Waals surface area contributed by atoms with Crippen molar-refractivity contribution in [2.24, 2.45) is 0 Å². The van der Waals surface area contributed by atoms with E-state index in [4.69, 9.17) is 16.3 Å². The number of rotatable bonds is 10. The fourth-order valence-corrected chi connectivity index (χ4v) is 4.89. The van der Waals surface area contributed by atoms with Gasteiger partial charge in [-0.2, -0.15) is 0 Å². The molecular weight excluding hydrogens is 446 g/mol. The summed E-state index contributed by atoms with van der Waals surface area (Å²) in [5.41, 5.74) is 3.56. The molecule has 4 nitrogen and oxygen atoms in total. The lowest BCUT2D eigenvalue weighted by Crippen LogP contribution is -2.38. The molecule has 1 heterocycles. The first kappa shape index (κ1) is 24.5. The summed E-state index contributed by atoms with van der Waals surface area (Å²) in [5.74, 6) is -0.891. The predicted molar refractivity (Wildman–Crippen MR) is 137 cm³/mol. The van der Waals surface area contributed by atoms with Crippen molar-refractivity contribution in [1.29, 1.82) is 0 Å². The highest BCUT2D eigenvalue weighted by Crippen LogP contribution is 2.30. The Morgan fingerprint density at radius 2 is 1.56 bits per heavy atom. The molecule has 0 saturated carbocycles. The van der Waals surface area contributed by atoms with E-state index in [1.54, 1.807) is 18.2 Å². The number of carboxylic acid groups (broad SMARTS) is 1. The van der Waals surface area contributed by atoms with Crippen LogP contribution in [-0.4, -0.2) is 41.7 Å². The van der Waals surface area contributed by atoms with Crippen LogP contribution in [0.2, 0.25) is 5.02 Å². The van der Waals surface area contributed by atoms with Crippen molar-refractivity contribution >= 4 is 17.6 Å². The van der Waals surface area contributed by atoms with Crippen molar-refractivity contribution in [2.45, 2.75) is 44.3 Å². The molecule has 1 fully saturated rings. The predicted octanol–water partition coefficient (Wildman–Crippen LogP) is 6.63. The first-order valence-corrected chi connectivity index (χ1v) is 12.5. The van der Waals surface area contributed by atoms with E-state index in [0.717, 1.165) is 57.3 Å². The van der Waals surface area contributed by atoms with Crippen LogP contribution in [-0.2, 0) is 11.2 Å². The lowest BCUT2D eigenvalue weighted by Gasteiger charge is -2.34. The van der Waals surface area contributed by atoms with Gasteiger partial charge in [-0.3, -0.25) is 0 Å². The minimum Gasteiger partial charge on any atom is -0.478 e. The number of hydrogen-bond donors (Lipinski definition) is 1. The van der Waals surface area contributed by atoms with Gasteiger partial charge < -0.3 is 14.7 Å². The van der Waals surface area contributed by atoms with Crippen molar-refractivity contribution in [1.82, 2.24) is 4.90 Å². The summed E-state index contributed by atoms with van der Waals surface area (Å²) in [6, 6.07) is 25.9. The monoisotopic (exact) mass is 477 g/mol. The summed E-state index contributed by atoms with van der Waals surface area (Å²) in [5, 5.41) is 9.98. The van der Waals surface area contributed by atoms with E-state index in [1.165, 1.54) is 11.1 Å². The number of piperidine rings is 1. The van der Waals surface area contributed by atoms with E-state index >= 15 is 0 Å². The van der Waals surface area contributed by atoms with Crippen LogP contribution < -0.4 is 0 Å². The molecule has 5 heteroatoms. The summed E-state index contributed by atoms with van der Waals surface area (Å²) in [6.07, 6.45) is 4.96. The van der Waals surface area contributed by atoms with Gasteiger partial charge in [-0.25, -0.2) is 4.79 Å². The number of benzene rings is 3. The molecular formula is C29H32ClNO3. The van der Waals surface area contributed by atoms with Gasteiger partial charge in [0.05, 0.1) is 11.7 Å². The maximum absolute atomic E-state index is 11.4. The summed E-state index contributed by atoms with van der Waals surface area (Å²) >= 11 is 6.07. The largest absolute Gasteiger partial charge is 0.478 e. The molecule has 0 spiro atoms. The molecule has 178 valence electrons. The summed E-state index contributed by atoms with van der Waals surface area (Å²) < 4.78 is 6.65. The van der Waals surface area contributed by atoms with Crippen molar-refractivity contribution in [3.05, 3.63) is 106 Å². The minimum atomic E-state index is -0.891. The van der Waals surface area contributed by atoms with Crippen LogP contribution in [0.25, 0.3) is 0 Å². The molecule has 0 aromatic heterocycles. The normalized spacial score (nSPS) is 15.0. The molecule has 34 heavy (non-hydrogen) atoms. The first-order chi connectivity index (χ1) is 16.6. The van der Waals surface area contributed by atoms with Crippen LogP contribution in [0.5, 0.6) is 0 Å². The van der Waals surface area contributed by atoms with E-state index in [0.29, 0.717) is 10.6 Å². The average molecular weight is 478 g/mol. The number of aromatic carboxylic acids is 1. The highest BCUT2D eigenvalue weighted by atomic mass is 35.5. The van der Waals surface area contributed by atoms with Gasteiger partial charge in [-0.15, -0.1) is 0 Å². The Kier molecular flexibility index (Phi) is 8.75. The third-order valence-corrected chi connectivity index (χ3v) is 6.77. The van der Waals surface area contributed by atoms with Gasteiger partial charge in [0.25, 0.3) is 0 Å². The molecule has 0 bridgehead atoms. The zero-order valence-electron chi connectivity index (χ0n) is 19.4. The Labute approximate surface area is 207 Å². The molecule has 1 saturated heterocycles. The molecule has 1 N–H and O–H groups in total. The second-order valence-corrected chi connectivity index (χ2v) is 9.38. The van der Waals surface area contributed by atoms with Crippen LogP contribution in [0.3, 0.4) is 0 Å². The molecule has 1 aliphatic heterocycles. The highest BCUT2D eigenvalue weighted by molar-refractivity contribution is 6.30. The Morgan fingerprint density at radius 1 is 0.941 bits per heavy atom. The molecule has 3 aromatic carbocycles. The topological polar surface area (TPSA) is 49.8 Å². The molecule has 1 aliphatic rings. The van der Waals surface area contributed by atoms with Gasteiger partial charge in [0.2, 0.25) is 0 Å². The van der Waals surface area contributed by atoms with Crippen LogP contribution in [0, 0.1) is 0 Å². The zero-order chi connectivity index (χ0) is 23.8. The Hall–Kier alpha value is -2.66. The molecule has 4 rings (SSSR count). The van der Waals surface area contributed by atoms with Crippen LogP contribution in [0.4, 0.5) is 0 Å². The molecule has 0 atom stereocenters. The van der Waals surface area contributed by atoms with E-state index < -0.39 is 5.97 Å². The highest BCUT2D eigenvalue weighted by Gasteiger charge is 2.24. The molecule has 0 aliphatic carbocycles. The lowest BCUT2D eigenvalue weighted by molar-refractivity contribution is -0.0270. The van der Waals surface area contributed by atoms with E-state index in [9.17, 15) is 9.90 Å². The van der Waals surface area contributed by atoms with E-state index in [1.807, 2.05) is 12.1 Å². The Balaban J connectivity index is 1.25. The van der Waals surface area contributed by atoms with Gasteiger partial charge >= 0.3 is 5.97 Å². The van der Waals surface area contributed by atoms with Crippen LogP contribution >= 0.6 is 11.6 Å². The van der Waals surface area contributed by atoms with Gasteiger partial charge in [0.1, 0.15) is 6.10 Å². The summed E-state index contributed by atoms with van der Waals surface area (Å²) in [4.78, 5) is 13.9. The standard InChI is InChI=1S/C29H32ClNO3/c30-25-14-15-27(29(32)33)24(21-25)13-7-8-18-31-19-16-26(17-20-31)34-28(22-9-3-1-4-10-22)23-11-5-2-6-12-23/h1-6,9-12,14-15,21,26,28H,7-8,13,16-20H2,(H,32,33). The average Bonchev–Trinajstić information content (AvgIpc) is 2.87. The Bertz CT molecular complexity index is 1010. The maximum Gasteiger partial charge on any atom is 0.335 e. The SMILES string of the molecule is O=C(O)c1ccc(Cl)cc1CCCCN1CCC(OC(c2ccccc2)c2ccccc2)CC1. The lowest BCUT2D eigenvalue weighted by atomic mass is 9.99. The quantitative estimate of drug-likeness (QED) is 0.333. The summed E-state index contributed by atoms with van der Waals surface area (Å²) in [7, 11) is 0. The first-order valence-electron chi connectivity index (χ1n) is 12.1. The van der Waals surface area contributed by atoms with Crippen molar-refractivity contribution in [3.8, 4) is 0 Å². The molecule has 0 unspecified atom stereocenters. The minimum absolute atomic E-state index is 0.0416. The van der Waals surface area contributed by atoms with Gasteiger partial charge in [0.15, 0.2) is 0 Å². The van der Waals surface area contributed by atoms with Crippen LogP contribution in [0.15, 0.2) is 78.9 Å². The Morgan fingerprint density at radius 3 is 2.15 bits per heavy atom. The number of carbonyl (C=O) groups is 1. The van der Waals surface area contributed by atoms with Crippen molar-refractivity contribution < 1.29 is 14.6 Å². The van der Waals surface area contributed by atoms with Gasteiger partial charge in [0, 0.05) is 18.1 Å². The number of nitrogens with zero attached hydrogens (tertiary/aromatic N) is 1. The van der Waals surface area contributed by atoms with Gasteiger partial charge in [-0.1, -0.05) is 72.3 Å². The number of halogens is 1. The number of unbranched alkanes of at least 4 members (excludes halogenated alkanes) is 1. The van der Waals surface area contributed by atoms with Crippen molar-refractivity contribution in [3.63, 3.8) is 0 Å². The number of likely N-dealkylation sites (tertiary alicyclic amines) is 1. The van der Waals surface area contributed by atoms with Gasteiger partial charge in [-0.05, 0) is 73.5 Å². The number of carboxylic acids is 1. The third-order valence-electron chi connectivity index (χ3n) is 6.54. The number of aryl methyl sites for hydroxylation is 1. The number of hydrogen-bond acceptors (Lipinski definition) is 3. The summed E-state index contributed by atoms with van der Waals surface area (Å²) in [6.45, 7) is 3.08.